The van der Waals surface area contributed by atoms with E-state index < -0.39 is 5.60 Å². The lowest BCUT2D eigenvalue weighted by atomic mass is 9.99. The van der Waals surface area contributed by atoms with Crippen LogP contribution in [0.5, 0.6) is 0 Å². The molecule has 1 saturated heterocycles. The molecule has 0 aromatic heterocycles. The molecular weight excluding hydrogens is 268 g/mol. The van der Waals surface area contributed by atoms with Crippen LogP contribution in [-0.4, -0.2) is 43.5 Å². The third kappa shape index (κ3) is 7.67. The summed E-state index contributed by atoms with van der Waals surface area (Å²) in [5.74, 6) is 0.575. The SMILES string of the molecule is CCCC(CNC(=O)OC(C)(C)C)NC(C)C1CCOC1. The number of ether oxygens (including phenoxy) is 2. The Bertz CT molecular complexity index is 309. The molecule has 0 aromatic carbocycles. The highest BCUT2D eigenvalue weighted by molar-refractivity contribution is 5.67. The van der Waals surface area contributed by atoms with Gasteiger partial charge in [0.2, 0.25) is 0 Å². The van der Waals surface area contributed by atoms with E-state index in [0.29, 0.717) is 18.5 Å². The van der Waals surface area contributed by atoms with Gasteiger partial charge in [-0.15, -0.1) is 0 Å². The highest BCUT2D eigenvalue weighted by Gasteiger charge is 2.24. The summed E-state index contributed by atoms with van der Waals surface area (Å²) in [6.07, 6.45) is 2.89. The Balaban J connectivity index is 2.36. The van der Waals surface area contributed by atoms with Crippen LogP contribution in [0.25, 0.3) is 0 Å². The van der Waals surface area contributed by atoms with E-state index in [1.165, 1.54) is 0 Å². The van der Waals surface area contributed by atoms with Gasteiger partial charge in [0.25, 0.3) is 0 Å². The molecule has 0 spiro atoms. The quantitative estimate of drug-likeness (QED) is 0.759. The largest absolute Gasteiger partial charge is 0.444 e. The third-order valence-electron chi connectivity index (χ3n) is 3.70. The van der Waals surface area contributed by atoms with Crippen molar-refractivity contribution in [1.82, 2.24) is 10.6 Å². The topological polar surface area (TPSA) is 59.6 Å². The summed E-state index contributed by atoms with van der Waals surface area (Å²) < 4.78 is 10.7. The van der Waals surface area contributed by atoms with Crippen LogP contribution >= 0.6 is 0 Å². The zero-order valence-corrected chi connectivity index (χ0v) is 14.2. The fourth-order valence-corrected chi connectivity index (χ4v) is 2.57. The number of carbonyl (C=O) groups is 1. The molecule has 5 heteroatoms. The molecule has 0 radical (unpaired) electrons. The summed E-state index contributed by atoms with van der Waals surface area (Å²) in [4.78, 5) is 11.7. The highest BCUT2D eigenvalue weighted by Crippen LogP contribution is 2.17. The van der Waals surface area contributed by atoms with Gasteiger partial charge in [-0.2, -0.15) is 0 Å². The van der Waals surface area contributed by atoms with Crippen molar-refractivity contribution in [2.24, 2.45) is 5.92 Å². The van der Waals surface area contributed by atoms with Gasteiger partial charge in [-0.3, -0.25) is 0 Å². The minimum Gasteiger partial charge on any atom is -0.444 e. The second-order valence-corrected chi connectivity index (χ2v) is 6.95. The van der Waals surface area contributed by atoms with Crippen molar-refractivity contribution in [2.45, 2.75) is 71.6 Å². The fraction of sp³-hybridized carbons (Fsp3) is 0.938. The molecule has 124 valence electrons. The maximum Gasteiger partial charge on any atom is 0.407 e. The Morgan fingerprint density at radius 2 is 2.14 bits per heavy atom. The lowest BCUT2D eigenvalue weighted by Crippen LogP contribution is -2.47. The number of hydrogen-bond donors (Lipinski definition) is 2. The molecule has 0 bridgehead atoms. The standard InChI is InChI=1S/C16H32N2O3/c1-6-7-14(10-17-15(19)21-16(3,4)5)18-12(2)13-8-9-20-11-13/h12-14,18H,6-11H2,1-5H3,(H,17,19). The maximum atomic E-state index is 11.7. The van der Waals surface area contributed by atoms with Crippen LogP contribution < -0.4 is 10.6 Å². The lowest BCUT2D eigenvalue weighted by molar-refractivity contribution is 0.0520. The third-order valence-corrected chi connectivity index (χ3v) is 3.70. The predicted octanol–water partition coefficient (Wildman–Crippen LogP) is 2.69. The summed E-state index contributed by atoms with van der Waals surface area (Å²) in [7, 11) is 0. The zero-order chi connectivity index (χ0) is 15.9. The van der Waals surface area contributed by atoms with Crippen LogP contribution in [0.3, 0.4) is 0 Å². The molecule has 1 heterocycles. The molecule has 0 saturated carbocycles. The van der Waals surface area contributed by atoms with Gasteiger partial charge in [0.1, 0.15) is 5.60 Å². The number of carbonyl (C=O) groups excluding carboxylic acids is 1. The Morgan fingerprint density at radius 1 is 1.43 bits per heavy atom. The van der Waals surface area contributed by atoms with Gasteiger partial charge >= 0.3 is 6.09 Å². The van der Waals surface area contributed by atoms with Crippen molar-refractivity contribution in [3.05, 3.63) is 0 Å². The van der Waals surface area contributed by atoms with Gasteiger partial charge in [0.15, 0.2) is 0 Å². The molecule has 5 nitrogen and oxygen atoms in total. The number of hydrogen-bond acceptors (Lipinski definition) is 4. The van der Waals surface area contributed by atoms with Gasteiger partial charge in [-0.25, -0.2) is 4.79 Å². The normalized spacial score (nSPS) is 21.9. The predicted molar refractivity (Wildman–Crippen MR) is 84.5 cm³/mol. The minimum absolute atomic E-state index is 0.276. The van der Waals surface area contributed by atoms with E-state index >= 15 is 0 Å². The van der Waals surface area contributed by atoms with Crippen molar-refractivity contribution < 1.29 is 14.3 Å². The van der Waals surface area contributed by atoms with E-state index in [2.05, 4.69) is 24.5 Å². The maximum absolute atomic E-state index is 11.7. The first kappa shape index (κ1) is 18.2. The summed E-state index contributed by atoms with van der Waals surface area (Å²) in [6, 6.07) is 0.683. The molecule has 21 heavy (non-hydrogen) atoms. The second-order valence-electron chi connectivity index (χ2n) is 6.95. The van der Waals surface area contributed by atoms with Crippen LogP contribution in [0.4, 0.5) is 4.79 Å². The highest BCUT2D eigenvalue weighted by atomic mass is 16.6. The van der Waals surface area contributed by atoms with Crippen LogP contribution in [-0.2, 0) is 9.47 Å². The smallest absolute Gasteiger partial charge is 0.407 e. The van der Waals surface area contributed by atoms with E-state index in [4.69, 9.17) is 9.47 Å². The molecule has 1 aliphatic rings. The monoisotopic (exact) mass is 300 g/mol. The van der Waals surface area contributed by atoms with E-state index in [-0.39, 0.29) is 12.1 Å². The molecule has 1 amide bonds. The van der Waals surface area contributed by atoms with Gasteiger partial charge in [0.05, 0.1) is 6.61 Å². The first-order valence-corrected chi connectivity index (χ1v) is 8.12. The summed E-state index contributed by atoms with van der Waals surface area (Å²) >= 11 is 0. The van der Waals surface area contributed by atoms with E-state index in [0.717, 1.165) is 32.5 Å². The van der Waals surface area contributed by atoms with Gasteiger partial charge in [-0.05, 0) is 46.5 Å². The number of rotatable bonds is 7. The van der Waals surface area contributed by atoms with Crippen LogP contribution in [0.1, 0.15) is 53.9 Å². The van der Waals surface area contributed by atoms with Crippen LogP contribution in [0.15, 0.2) is 0 Å². The molecule has 3 unspecified atom stereocenters. The molecule has 1 aliphatic heterocycles. The molecule has 3 atom stereocenters. The average Bonchev–Trinajstić information content (AvgIpc) is 2.88. The van der Waals surface area contributed by atoms with Gasteiger partial charge < -0.3 is 20.1 Å². The Morgan fingerprint density at radius 3 is 2.67 bits per heavy atom. The Labute approximate surface area is 129 Å². The van der Waals surface area contributed by atoms with Crippen LogP contribution in [0.2, 0.25) is 0 Å². The lowest BCUT2D eigenvalue weighted by Gasteiger charge is -2.27. The van der Waals surface area contributed by atoms with Crippen molar-refractivity contribution in [3.8, 4) is 0 Å². The van der Waals surface area contributed by atoms with Crippen LogP contribution in [0, 0.1) is 5.92 Å². The number of amides is 1. The average molecular weight is 300 g/mol. The zero-order valence-electron chi connectivity index (χ0n) is 14.2. The van der Waals surface area contributed by atoms with Crippen molar-refractivity contribution >= 4 is 6.09 Å². The molecular formula is C16H32N2O3. The van der Waals surface area contributed by atoms with Crippen molar-refractivity contribution in [2.75, 3.05) is 19.8 Å². The van der Waals surface area contributed by atoms with E-state index in [9.17, 15) is 4.79 Å². The van der Waals surface area contributed by atoms with E-state index in [1.54, 1.807) is 0 Å². The van der Waals surface area contributed by atoms with Crippen molar-refractivity contribution in [1.29, 1.82) is 0 Å². The molecule has 2 N–H and O–H groups in total. The molecule has 1 fully saturated rings. The number of alkyl carbamates (subject to hydrolysis) is 1. The van der Waals surface area contributed by atoms with Gasteiger partial charge in [0, 0.05) is 25.2 Å². The summed E-state index contributed by atoms with van der Waals surface area (Å²) in [6.45, 7) is 12.3. The Hall–Kier alpha value is -0.810. The van der Waals surface area contributed by atoms with Crippen molar-refractivity contribution in [3.63, 3.8) is 0 Å². The molecule has 0 aliphatic carbocycles. The Kier molecular flexibility index (Phi) is 7.46. The summed E-state index contributed by atoms with van der Waals surface area (Å²) in [5, 5.41) is 6.49. The first-order valence-electron chi connectivity index (χ1n) is 8.12. The van der Waals surface area contributed by atoms with E-state index in [1.807, 2.05) is 20.8 Å². The minimum atomic E-state index is -0.452. The molecule has 0 aromatic rings. The summed E-state index contributed by atoms with van der Waals surface area (Å²) in [5.41, 5.74) is -0.452. The second kappa shape index (κ2) is 8.59. The fourth-order valence-electron chi connectivity index (χ4n) is 2.57. The van der Waals surface area contributed by atoms with Gasteiger partial charge in [-0.1, -0.05) is 13.3 Å². The first-order chi connectivity index (χ1) is 9.81. The number of nitrogens with one attached hydrogen (secondary N) is 2. The molecule has 1 rings (SSSR count).